The Morgan fingerprint density at radius 1 is 1.23 bits per heavy atom. The molecule has 180 valence electrons. The van der Waals surface area contributed by atoms with Gasteiger partial charge in [-0.2, -0.15) is 5.26 Å². The van der Waals surface area contributed by atoms with Gasteiger partial charge < -0.3 is 19.4 Å². The summed E-state index contributed by atoms with van der Waals surface area (Å²) >= 11 is 0. The second-order valence-electron chi connectivity index (χ2n) is 8.59. The first-order valence-corrected chi connectivity index (χ1v) is 11.6. The van der Waals surface area contributed by atoms with Crippen molar-refractivity contribution in [1.82, 2.24) is 9.88 Å². The van der Waals surface area contributed by atoms with Gasteiger partial charge in [0.2, 0.25) is 0 Å². The second-order valence-corrected chi connectivity index (χ2v) is 8.59. The molecule has 1 amide bonds. The zero-order chi connectivity index (χ0) is 24.8. The average molecular weight is 474 g/mol. The maximum Gasteiger partial charge on any atom is 0.262 e. The summed E-state index contributed by atoms with van der Waals surface area (Å²) in [5, 5.41) is 12.4. The van der Waals surface area contributed by atoms with Crippen LogP contribution in [0.1, 0.15) is 35.4 Å². The van der Waals surface area contributed by atoms with Crippen LogP contribution < -0.4 is 10.1 Å². The van der Waals surface area contributed by atoms with Crippen LogP contribution in [0.5, 0.6) is 5.75 Å². The van der Waals surface area contributed by atoms with E-state index in [1.165, 1.54) is 12.1 Å². The van der Waals surface area contributed by atoms with Crippen LogP contribution in [0.2, 0.25) is 0 Å². The first kappa shape index (κ1) is 24.2. The van der Waals surface area contributed by atoms with E-state index in [1.54, 1.807) is 18.2 Å². The molecular formula is C28H28FN3O3. The number of aromatic nitrogens is 1. The fourth-order valence-electron chi connectivity index (χ4n) is 4.18. The lowest BCUT2D eigenvalue weighted by molar-refractivity contribution is -0.117. The smallest absolute Gasteiger partial charge is 0.262 e. The quantitative estimate of drug-likeness (QED) is 0.368. The molecule has 1 fully saturated rings. The van der Waals surface area contributed by atoms with E-state index < -0.39 is 5.91 Å². The van der Waals surface area contributed by atoms with Gasteiger partial charge in [-0.25, -0.2) is 4.39 Å². The van der Waals surface area contributed by atoms with Gasteiger partial charge in [0.25, 0.3) is 5.91 Å². The number of rotatable bonds is 8. The van der Waals surface area contributed by atoms with Crippen LogP contribution >= 0.6 is 0 Å². The Labute approximate surface area is 204 Å². The van der Waals surface area contributed by atoms with Gasteiger partial charge in [-0.1, -0.05) is 12.1 Å². The van der Waals surface area contributed by atoms with Gasteiger partial charge >= 0.3 is 0 Å². The van der Waals surface area contributed by atoms with Crippen molar-refractivity contribution in [2.75, 3.05) is 13.2 Å². The normalized spacial score (nSPS) is 15.6. The van der Waals surface area contributed by atoms with Gasteiger partial charge in [-0.05, 0) is 86.4 Å². The maximum absolute atomic E-state index is 13.1. The maximum atomic E-state index is 13.1. The highest BCUT2D eigenvalue weighted by atomic mass is 19.1. The molecule has 3 aromatic rings. The summed E-state index contributed by atoms with van der Waals surface area (Å²) in [5.74, 6) is 0.0387. The molecule has 1 aliphatic heterocycles. The number of nitrogens with zero attached hydrogens (tertiary/aromatic N) is 2. The van der Waals surface area contributed by atoms with Crippen LogP contribution in [-0.2, 0) is 16.1 Å². The van der Waals surface area contributed by atoms with Gasteiger partial charge in [0.15, 0.2) is 0 Å². The molecule has 0 bridgehead atoms. The number of halogens is 1. The van der Waals surface area contributed by atoms with Crippen LogP contribution in [-0.4, -0.2) is 29.7 Å². The minimum atomic E-state index is -0.393. The standard InChI is InChI=1S/C28H28FN3O3/c1-19-14-22(15-23(16-30)28(33)31-17-27-4-3-13-34-27)20(2)32(19)25-9-11-26(12-10-25)35-18-21-5-7-24(29)8-6-21/h5-12,14-15,27H,3-4,13,17-18H2,1-2H3,(H,31,33)/b23-15+. The highest BCUT2D eigenvalue weighted by Crippen LogP contribution is 2.25. The molecule has 1 unspecified atom stereocenters. The summed E-state index contributed by atoms with van der Waals surface area (Å²) in [6.07, 6.45) is 3.56. The van der Waals surface area contributed by atoms with Gasteiger partial charge in [-0.15, -0.1) is 0 Å². The molecule has 2 aromatic carbocycles. The third-order valence-corrected chi connectivity index (χ3v) is 6.06. The van der Waals surface area contributed by atoms with Crippen molar-refractivity contribution < 1.29 is 18.7 Å². The summed E-state index contributed by atoms with van der Waals surface area (Å²) in [4.78, 5) is 12.5. The fraction of sp³-hybridized carbons (Fsp3) is 0.286. The van der Waals surface area contributed by atoms with E-state index >= 15 is 0 Å². The minimum absolute atomic E-state index is 0.0200. The molecule has 0 aliphatic carbocycles. The summed E-state index contributed by atoms with van der Waals surface area (Å²) in [6.45, 7) is 5.41. The van der Waals surface area contributed by atoms with E-state index in [1.807, 2.05) is 50.2 Å². The molecule has 4 rings (SSSR count). The number of carbonyl (C=O) groups is 1. The number of hydrogen-bond acceptors (Lipinski definition) is 4. The Hall–Kier alpha value is -3.89. The van der Waals surface area contributed by atoms with Crippen molar-refractivity contribution in [2.24, 2.45) is 0 Å². The lowest BCUT2D eigenvalue weighted by Crippen LogP contribution is -2.32. The number of aryl methyl sites for hydroxylation is 1. The van der Waals surface area contributed by atoms with Gasteiger partial charge in [0.05, 0.1) is 6.10 Å². The van der Waals surface area contributed by atoms with Crippen molar-refractivity contribution >= 4 is 12.0 Å². The van der Waals surface area contributed by atoms with Crippen LogP contribution in [0.4, 0.5) is 4.39 Å². The van der Waals surface area contributed by atoms with E-state index in [4.69, 9.17) is 9.47 Å². The molecule has 1 N–H and O–H groups in total. The molecule has 0 radical (unpaired) electrons. The molecule has 1 aliphatic rings. The third-order valence-electron chi connectivity index (χ3n) is 6.06. The Morgan fingerprint density at radius 2 is 1.97 bits per heavy atom. The Kier molecular flexibility index (Phi) is 7.64. The molecule has 1 aromatic heterocycles. The highest BCUT2D eigenvalue weighted by Gasteiger charge is 2.18. The average Bonchev–Trinajstić information content (AvgIpc) is 3.48. The van der Waals surface area contributed by atoms with Crippen LogP contribution in [0, 0.1) is 31.0 Å². The van der Waals surface area contributed by atoms with Crippen LogP contribution in [0.15, 0.2) is 60.2 Å². The molecule has 0 spiro atoms. The number of nitrogens with one attached hydrogen (secondary N) is 1. The minimum Gasteiger partial charge on any atom is -0.489 e. The van der Waals surface area contributed by atoms with E-state index in [9.17, 15) is 14.4 Å². The van der Waals surface area contributed by atoms with Crippen molar-refractivity contribution in [2.45, 2.75) is 39.4 Å². The lowest BCUT2D eigenvalue weighted by Gasteiger charge is -2.12. The van der Waals surface area contributed by atoms with Crippen molar-refractivity contribution in [3.8, 4) is 17.5 Å². The molecule has 1 atom stereocenters. The van der Waals surface area contributed by atoms with E-state index in [0.29, 0.717) is 18.9 Å². The number of benzene rings is 2. The number of carbonyl (C=O) groups excluding carboxylic acids is 1. The zero-order valence-corrected chi connectivity index (χ0v) is 19.9. The van der Waals surface area contributed by atoms with Crippen molar-refractivity contribution in [1.29, 1.82) is 5.26 Å². The second kappa shape index (κ2) is 11.0. The number of hydrogen-bond donors (Lipinski definition) is 1. The zero-order valence-electron chi connectivity index (χ0n) is 19.9. The molecule has 2 heterocycles. The predicted molar refractivity (Wildman–Crippen MR) is 132 cm³/mol. The Bertz CT molecular complexity index is 1250. The molecular weight excluding hydrogens is 445 g/mol. The molecule has 1 saturated heterocycles. The number of amides is 1. The predicted octanol–water partition coefficient (Wildman–Crippen LogP) is 5.01. The lowest BCUT2D eigenvalue weighted by atomic mass is 10.1. The Balaban J connectivity index is 1.45. The highest BCUT2D eigenvalue weighted by molar-refractivity contribution is 6.01. The monoisotopic (exact) mass is 473 g/mol. The van der Waals surface area contributed by atoms with Crippen LogP contribution in [0.25, 0.3) is 11.8 Å². The van der Waals surface area contributed by atoms with E-state index in [-0.39, 0.29) is 17.5 Å². The molecule has 0 saturated carbocycles. The number of nitriles is 1. The molecule has 6 nitrogen and oxygen atoms in total. The van der Waals surface area contributed by atoms with E-state index in [0.717, 1.165) is 47.7 Å². The van der Waals surface area contributed by atoms with Crippen molar-refractivity contribution in [3.05, 3.63) is 88.5 Å². The third kappa shape index (κ3) is 5.97. The number of ether oxygens (including phenoxy) is 2. The summed E-state index contributed by atoms with van der Waals surface area (Å²) in [6, 6.07) is 17.9. The summed E-state index contributed by atoms with van der Waals surface area (Å²) in [5.41, 5.74) is 4.59. The summed E-state index contributed by atoms with van der Waals surface area (Å²) in [7, 11) is 0. The largest absolute Gasteiger partial charge is 0.489 e. The first-order chi connectivity index (χ1) is 16.9. The molecule has 35 heavy (non-hydrogen) atoms. The van der Waals surface area contributed by atoms with Crippen molar-refractivity contribution in [3.63, 3.8) is 0 Å². The molecule has 7 heteroatoms. The topological polar surface area (TPSA) is 76.3 Å². The van der Waals surface area contributed by atoms with Gasteiger partial charge in [-0.3, -0.25) is 4.79 Å². The van der Waals surface area contributed by atoms with E-state index in [2.05, 4.69) is 9.88 Å². The van der Waals surface area contributed by atoms with Gasteiger partial charge in [0.1, 0.15) is 29.8 Å². The SMILES string of the molecule is Cc1cc(/C=C(\C#N)C(=O)NCC2CCCO2)c(C)n1-c1ccc(OCc2ccc(F)cc2)cc1. The van der Waals surface area contributed by atoms with Gasteiger partial charge in [0, 0.05) is 30.2 Å². The summed E-state index contributed by atoms with van der Waals surface area (Å²) < 4.78 is 26.5. The first-order valence-electron chi connectivity index (χ1n) is 11.6. The fourth-order valence-corrected chi connectivity index (χ4v) is 4.18. The van der Waals surface area contributed by atoms with Crippen LogP contribution in [0.3, 0.4) is 0 Å². The Morgan fingerprint density at radius 3 is 2.63 bits per heavy atom.